The van der Waals surface area contributed by atoms with Gasteiger partial charge in [-0.3, -0.25) is 5.41 Å². The lowest BCUT2D eigenvalue weighted by Gasteiger charge is -2.17. The predicted molar refractivity (Wildman–Crippen MR) is 76.6 cm³/mol. The lowest BCUT2D eigenvalue weighted by atomic mass is 10.1. The molecular weight excluding hydrogens is 266 g/mol. The summed E-state index contributed by atoms with van der Waals surface area (Å²) in [5.74, 6) is 0. The van der Waals surface area contributed by atoms with E-state index >= 15 is 0 Å². The Balaban J connectivity index is 5.55. The fourth-order valence-corrected chi connectivity index (χ4v) is 1.48. The lowest BCUT2D eigenvalue weighted by molar-refractivity contribution is -0.763. The van der Waals surface area contributed by atoms with Crippen molar-refractivity contribution < 1.29 is 9.72 Å². The zero-order chi connectivity index (χ0) is 15.4. The van der Waals surface area contributed by atoms with Gasteiger partial charge in [0.15, 0.2) is 0 Å². The topological polar surface area (TPSA) is 101 Å². The summed E-state index contributed by atoms with van der Waals surface area (Å²) < 4.78 is 0. The molecule has 0 aromatic rings. The first-order chi connectivity index (χ1) is 8.37. The van der Waals surface area contributed by atoms with Crippen LogP contribution in [0.3, 0.4) is 0 Å². The molecule has 0 fully saturated rings. The molecule has 19 heavy (non-hydrogen) atoms. The third kappa shape index (κ3) is 7.09. The van der Waals surface area contributed by atoms with Gasteiger partial charge in [-0.1, -0.05) is 0 Å². The molecule has 0 saturated carbocycles. The van der Waals surface area contributed by atoms with E-state index in [-0.39, 0.29) is 14.8 Å². The van der Waals surface area contributed by atoms with Crippen molar-refractivity contribution in [3.63, 3.8) is 0 Å². The molecule has 0 radical (unpaired) electrons. The van der Waals surface area contributed by atoms with Gasteiger partial charge in [0.1, 0.15) is 11.1 Å². The Morgan fingerprint density at radius 3 is 1.53 bits per heavy atom. The van der Waals surface area contributed by atoms with E-state index in [1.54, 1.807) is 47.8 Å². The number of azo groups is 2. The fourth-order valence-electron chi connectivity index (χ4n) is 1.09. The monoisotopic (exact) mass is 289 g/mol. The second kappa shape index (κ2) is 6.31. The van der Waals surface area contributed by atoms with Gasteiger partial charge in [-0.25, -0.2) is 0 Å². The van der Waals surface area contributed by atoms with Gasteiger partial charge in [0, 0.05) is 0 Å². The zero-order valence-corrected chi connectivity index (χ0v) is 13.4. The van der Waals surface area contributed by atoms with Crippen LogP contribution in [0.25, 0.3) is 0 Å². The van der Waals surface area contributed by atoms with Crippen molar-refractivity contribution in [1.82, 2.24) is 0 Å². The molecule has 0 bridgehead atoms. The molecule has 110 valence electrons. The van der Waals surface area contributed by atoms with Crippen LogP contribution in [-0.2, 0) is 0 Å². The Bertz CT molecular complexity index is 363. The Morgan fingerprint density at radius 1 is 1.00 bits per heavy atom. The molecule has 0 spiro atoms. The van der Waals surface area contributed by atoms with E-state index in [1.165, 1.54) is 0 Å². The third-order valence-electron chi connectivity index (χ3n) is 1.67. The molecule has 0 atom stereocenters. The van der Waals surface area contributed by atoms with Crippen LogP contribution in [-0.4, -0.2) is 38.3 Å². The molecule has 0 aliphatic rings. The molecule has 0 heterocycles. The molecule has 1 N–H and O–H groups in total. The summed E-state index contributed by atoms with van der Waals surface area (Å²) in [6.45, 7) is 10.5. The Kier molecular flexibility index (Phi) is 5.92. The smallest absolute Gasteiger partial charge is 0.458 e. The largest absolute Gasteiger partial charge is 0.594 e. The first-order valence-corrected chi connectivity index (χ1v) is 7.10. The van der Waals surface area contributed by atoms with Crippen LogP contribution in [0.15, 0.2) is 10.2 Å². The van der Waals surface area contributed by atoms with Crippen LogP contribution in [0.5, 0.6) is 0 Å². The van der Waals surface area contributed by atoms with Crippen molar-refractivity contribution in [3.05, 3.63) is 10.4 Å². The predicted octanol–water partition coefficient (Wildman–Crippen LogP) is 3.17. The number of thioether (sulfide) groups is 1. The molecular formula is C11H23N5O2S. The number of hydroxylamine groups is 2. The van der Waals surface area contributed by atoms with E-state index in [0.717, 1.165) is 11.8 Å². The minimum absolute atomic E-state index is 0.0917. The summed E-state index contributed by atoms with van der Waals surface area (Å²) >= 11 is 1.02. The van der Waals surface area contributed by atoms with E-state index in [0.29, 0.717) is 0 Å². The average molecular weight is 289 g/mol. The van der Waals surface area contributed by atoms with E-state index in [9.17, 15) is 10.4 Å². The molecule has 0 aliphatic carbocycles. The number of rotatable bonds is 3. The van der Waals surface area contributed by atoms with Gasteiger partial charge in [0.2, 0.25) is 5.04 Å². The number of hydrogen-bond donors (Lipinski definition) is 1. The highest BCUT2D eigenvalue weighted by Crippen LogP contribution is 2.15. The van der Waals surface area contributed by atoms with E-state index in [2.05, 4.69) is 10.2 Å². The second-order valence-electron chi connectivity index (χ2n) is 6.09. The highest BCUT2D eigenvalue weighted by Gasteiger charge is 2.36. The van der Waals surface area contributed by atoms with Crippen molar-refractivity contribution in [3.8, 4) is 0 Å². The lowest BCUT2D eigenvalue weighted by Crippen LogP contribution is -2.38. The minimum atomic E-state index is -1.37. The van der Waals surface area contributed by atoms with Gasteiger partial charge in [-0.2, -0.15) is 0 Å². The van der Waals surface area contributed by atoms with Crippen molar-refractivity contribution in [1.29, 1.82) is 5.41 Å². The Labute approximate surface area is 118 Å². The number of hydrogen-bond acceptors (Lipinski definition) is 6. The summed E-state index contributed by atoms with van der Waals surface area (Å²) in [4.78, 5) is 0.530. The maximum atomic E-state index is 12.0. The van der Waals surface area contributed by atoms with Crippen molar-refractivity contribution in [2.45, 2.75) is 58.8 Å². The molecule has 0 unspecified atom stereocenters. The van der Waals surface area contributed by atoms with Crippen LogP contribution >= 0.6 is 11.8 Å². The standard InChI is InChI=1S/C11H23N5O2S/c1-10(2,3)13-15(17)9(8(12)19-7)16(18)14-11(4,5)6/h9,12H,1-7H3. The Hall–Kier alpha value is -1.18. The van der Waals surface area contributed by atoms with Gasteiger partial charge in [0.25, 0.3) is 0 Å². The van der Waals surface area contributed by atoms with Gasteiger partial charge in [-0.05, 0) is 67.7 Å². The van der Waals surface area contributed by atoms with Gasteiger partial charge < -0.3 is 10.4 Å². The third-order valence-corrected chi connectivity index (χ3v) is 2.32. The van der Waals surface area contributed by atoms with Crippen LogP contribution in [0.1, 0.15) is 41.5 Å². The van der Waals surface area contributed by atoms with Crippen molar-refractivity contribution >= 4 is 16.8 Å². The van der Waals surface area contributed by atoms with E-state index in [4.69, 9.17) is 5.41 Å². The van der Waals surface area contributed by atoms with Crippen molar-refractivity contribution in [2.24, 2.45) is 10.2 Å². The van der Waals surface area contributed by atoms with Gasteiger partial charge in [-0.15, -0.1) is 11.8 Å². The highest BCUT2D eigenvalue weighted by atomic mass is 32.2. The van der Waals surface area contributed by atoms with E-state index < -0.39 is 17.2 Å². The normalized spacial score (nSPS) is 16.4. The first kappa shape index (κ1) is 17.8. The minimum Gasteiger partial charge on any atom is -0.594 e. The summed E-state index contributed by atoms with van der Waals surface area (Å²) in [7, 11) is 0. The van der Waals surface area contributed by atoms with Gasteiger partial charge in [0.05, 0.1) is 0 Å². The van der Waals surface area contributed by atoms with Crippen LogP contribution in [0, 0.1) is 15.8 Å². The number of nitrogens with one attached hydrogen (secondary N) is 1. The molecule has 0 aliphatic heterocycles. The number of nitrogens with zero attached hydrogens (tertiary/aromatic N) is 4. The molecule has 0 saturated heterocycles. The average Bonchev–Trinajstić information content (AvgIpc) is 2.11. The van der Waals surface area contributed by atoms with Crippen LogP contribution < -0.4 is 0 Å². The molecule has 8 heteroatoms. The van der Waals surface area contributed by atoms with Gasteiger partial charge >= 0.3 is 6.17 Å². The quantitative estimate of drug-likeness (QED) is 0.215. The molecule has 7 nitrogen and oxygen atoms in total. The Morgan fingerprint density at radius 2 is 1.32 bits per heavy atom. The maximum absolute atomic E-state index is 12.0. The van der Waals surface area contributed by atoms with Crippen LogP contribution in [0.4, 0.5) is 0 Å². The SMILES string of the molecule is CSC(=N)C([N+]([O-])=NC(C)(C)C)[N+]([O-])=NC(C)(C)C. The van der Waals surface area contributed by atoms with Crippen molar-refractivity contribution in [2.75, 3.05) is 6.26 Å². The molecule has 0 rings (SSSR count). The molecule has 0 amide bonds. The zero-order valence-electron chi connectivity index (χ0n) is 12.6. The van der Waals surface area contributed by atoms with Crippen LogP contribution in [0.2, 0.25) is 0 Å². The molecule has 0 aromatic carbocycles. The fraction of sp³-hybridized carbons (Fsp3) is 0.909. The summed E-state index contributed by atoms with van der Waals surface area (Å²) in [5.41, 5.74) is -1.25. The summed E-state index contributed by atoms with van der Waals surface area (Å²) in [5, 5.41) is 39.3. The summed E-state index contributed by atoms with van der Waals surface area (Å²) in [6.07, 6.45) is 0.263. The first-order valence-electron chi connectivity index (χ1n) is 5.88. The summed E-state index contributed by atoms with van der Waals surface area (Å²) in [6, 6.07) is 0. The molecule has 0 aromatic heterocycles. The second-order valence-corrected chi connectivity index (χ2v) is 6.94. The highest BCUT2D eigenvalue weighted by molar-refractivity contribution is 8.13. The maximum Gasteiger partial charge on any atom is 0.458 e. The van der Waals surface area contributed by atoms with E-state index in [1.807, 2.05) is 0 Å².